The highest BCUT2D eigenvalue weighted by molar-refractivity contribution is 5.74. The number of hydrogen-bond donors (Lipinski definition) is 3. The third-order valence-electron chi connectivity index (χ3n) is 2.67. The molecule has 1 aromatic carbocycles. The van der Waals surface area contributed by atoms with E-state index in [0.717, 1.165) is 23.7 Å². The Balaban J connectivity index is 2.13. The Hall–Kier alpha value is -2.23. The molecule has 4 nitrogen and oxygen atoms in total. The lowest BCUT2D eigenvalue weighted by molar-refractivity contribution is 1.16. The Morgan fingerprint density at radius 1 is 1.00 bits per heavy atom. The van der Waals surface area contributed by atoms with Gasteiger partial charge in [-0.15, -0.1) is 0 Å². The van der Waals surface area contributed by atoms with Crippen LogP contribution in [-0.4, -0.2) is 4.98 Å². The second-order valence-corrected chi connectivity index (χ2v) is 3.75. The molecule has 0 radical (unpaired) electrons. The van der Waals surface area contributed by atoms with E-state index in [2.05, 4.69) is 21.7 Å². The van der Waals surface area contributed by atoms with Crippen molar-refractivity contribution >= 4 is 17.2 Å². The summed E-state index contributed by atoms with van der Waals surface area (Å²) in [6.45, 7) is 0.752. The van der Waals surface area contributed by atoms with Crippen LogP contribution in [-0.2, 0) is 6.54 Å². The summed E-state index contributed by atoms with van der Waals surface area (Å²) >= 11 is 0. The van der Waals surface area contributed by atoms with Gasteiger partial charge in [-0.25, -0.2) is 0 Å². The maximum absolute atomic E-state index is 11.2. The molecule has 0 saturated heterocycles. The van der Waals surface area contributed by atoms with Crippen molar-refractivity contribution in [3.63, 3.8) is 0 Å². The SMILES string of the molecule is O=c1ccc2c([nH]1)Nc1ccccc1CN2. The lowest BCUT2D eigenvalue weighted by Gasteiger charge is -2.07. The third-order valence-corrected chi connectivity index (χ3v) is 2.67. The first-order chi connectivity index (χ1) is 7.83. The van der Waals surface area contributed by atoms with E-state index in [-0.39, 0.29) is 5.56 Å². The van der Waals surface area contributed by atoms with Gasteiger partial charge >= 0.3 is 0 Å². The first kappa shape index (κ1) is 9.03. The van der Waals surface area contributed by atoms with Gasteiger partial charge in [-0.05, 0) is 17.7 Å². The van der Waals surface area contributed by atoms with Crippen molar-refractivity contribution in [1.29, 1.82) is 0 Å². The molecule has 2 heterocycles. The van der Waals surface area contributed by atoms with E-state index >= 15 is 0 Å². The molecule has 0 spiro atoms. The van der Waals surface area contributed by atoms with Crippen LogP contribution in [0.25, 0.3) is 0 Å². The van der Waals surface area contributed by atoms with Crippen molar-refractivity contribution in [2.75, 3.05) is 10.6 Å². The van der Waals surface area contributed by atoms with Crippen LogP contribution in [0.3, 0.4) is 0 Å². The minimum absolute atomic E-state index is 0.104. The zero-order valence-corrected chi connectivity index (χ0v) is 8.58. The Morgan fingerprint density at radius 2 is 1.88 bits per heavy atom. The summed E-state index contributed by atoms with van der Waals surface area (Å²) in [5.41, 5.74) is 3.01. The number of aromatic nitrogens is 1. The van der Waals surface area contributed by atoms with E-state index < -0.39 is 0 Å². The van der Waals surface area contributed by atoms with Crippen LogP contribution in [0.4, 0.5) is 17.2 Å². The van der Waals surface area contributed by atoms with Crippen LogP contribution in [0.2, 0.25) is 0 Å². The van der Waals surface area contributed by atoms with Crippen molar-refractivity contribution in [2.24, 2.45) is 0 Å². The zero-order valence-electron chi connectivity index (χ0n) is 8.58. The molecule has 0 atom stereocenters. The standard InChI is InChI=1S/C12H11N3O/c16-11-6-5-10-12(15-11)14-9-4-2-1-3-8(9)7-13-10/h1-6,13H,7H2,(H2,14,15,16). The topological polar surface area (TPSA) is 56.9 Å². The van der Waals surface area contributed by atoms with Crippen LogP contribution in [0, 0.1) is 0 Å². The molecule has 0 amide bonds. The molecule has 0 unspecified atom stereocenters. The van der Waals surface area contributed by atoms with E-state index in [1.807, 2.05) is 18.2 Å². The molecular formula is C12H11N3O. The van der Waals surface area contributed by atoms with Crippen LogP contribution in [0.1, 0.15) is 5.56 Å². The van der Waals surface area contributed by atoms with Gasteiger partial charge in [0.15, 0.2) is 0 Å². The number of nitrogens with one attached hydrogen (secondary N) is 3. The van der Waals surface area contributed by atoms with Crippen molar-refractivity contribution in [3.05, 3.63) is 52.3 Å². The number of benzene rings is 1. The Morgan fingerprint density at radius 3 is 2.81 bits per heavy atom. The second-order valence-electron chi connectivity index (χ2n) is 3.75. The Labute approximate surface area is 92.3 Å². The predicted octanol–water partition coefficient (Wildman–Crippen LogP) is 2.04. The van der Waals surface area contributed by atoms with Crippen LogP contribution >= 0.6 is 0 Å². The molecule has 1 aliphatic heterocycles. The molecule has 1 aromatic heterocycles. The van der Waals surface area contributed by atoms with E-state index in [1.165, 1.54) is 11.6 Å². The number of para-hydroxylation sites is 1. The van der Waals surface area contributed by atoms with Gasteiger partial charge in [0.2, 0.25) is 5.56 Å². The average molecular weight is 213 g/mol. The fraction of sp³-hybridized carbons (Fsp3) is 0.0833. The minimum atomic E-state index is -0.104. The Kier molecular flexibility index (Phi) is 1.93. The second kappa shape index (κ2) is 3.41. The van der Waals surface area contributed by atoms with E-state index in [0.29, 0.717) is 0 Å². The number of rotatable bonds is 0. The fourth-order valence-electron chi connectivity index (χ4n) is 1.84. The number of pyridine rings is 1. The lowest BCUT2D eigenvalue weighted by Crippen LogP contribution is -2.08. The van der Waals surface area contributed by atoms with E-state index in [9.17, 15) is 4.79 Å². The average Bonchev–Trinajstić information content (AvgIpc) is 2.47. The molecule has 4 heteroatoms. The van der Waals surface area contributed by atoms with Crippen molar-refractivity contribution < 1.29 is 0 Å². The molecule has 0 saturated carbocycles. The summed E-state index contributed by atoms with van der Waals surface area (Å²) in [5, 5.41) is 6.50. The summed E-state index contributed by atoms with van der Waals surface area (Å²) in [6.07, 6.45) is 0. The van der Waals surface area contributed by atoms with Crippen molar-refractivity contribution in [2.45, 2.75) is 6.54 Å². The summed E-state index contributed by atoms with van der Waals surface area (Å²) in [7, 11) is 0. The van der Waals surface area contributed by atoms with Crippen LogP contribution in [0.15, 0.2) is 41.2 Å². The normalized spacial score (nSPS) is 12.8. The summed E-state index contributed by atoms with van der Waals surface area (Å²) in [5.74, 6) is 0.720. The first-order valence-corrected chi connectivity index (χ1v) is 5.15. The van der Waals surface area contributed by atoms with Gasteiger partial charge in [0.1, 0.15) is 5.82 Å². The number of H-pyrrole nitrogens is 1. The highest BCUT2D eigenvalue weighted by atomic mass is 16.1. The van der Waals surface area contributed by atoms with Gasteiger partial charge in [-0.3, -0.25) is 4.79 Å². The number of aromatic amines is 1. The molecule has 0 aliphatic carbocycles. The van der Waals surface area contributed by atoms with E-state index in [4.69, 9.17) is 0 Å². The maximum Gasteiger partial charge on any atom is 0.249 e. The monoisotopic (exact) mass is 213 g/mol. The quantitative estimate of drug-likeness (QED) is 0.627. The minimum Gasteiger partial charge on any atom is -0.378 e. The lowest BCUT2D eigenvalue weighted by atomic mass is 10.2. The van der Waals surface area contributed by atoms with Crippen molar-refractivity contribution in [3.8, 4) is 0 Å². The number of hydrogen-bond acceptors (Lipinski definition) is 3. The molecule has 0 fully saturated rings. The molecule has 2 aromatic rings. The molecule has 0 bridgehead atoms. The van der Waals surface area contributed by atoms with Gasteiger partial charge in [-0.2, -0.15) is 0 Å². The highest BCUT2D eigenvalue weighted by Crippen LogP contribution is 2.28. The largest absolute Gasteiger partial charge is 0.378 e. The molecule has 3 N–H and O–H groups in total. The third kappa shape index (κ3) is 1.44. The molecular weight excluding hydrogens is 202 g/mol. The van der Waals surface area contributed by atoms with Crippen LogP contribution < -0.4 is 16.2 Å². The Bertz CT molecular complexity index is 589. The predicted molar refractivity (Wildman–Crippen MR) is 64.1 cm³/mol. The van der Waals surface area contributed by atoms with Gasteiger partial charge in [-0.1, -0.05) is 18.2 Å². The van der Waals surface area contributed by atoms with E-state index in [1.54, 1.807) is 6.07 Å². The van der Waals surface area contributed by atoms with Gasteiger partial charge in [0.25, 0.3) is 0 Å². The highest BCUT2D eigenvalue weighted by Gasteiger charge is 2.11. The summed E-state index contributed by atoms with van der Waals surface area (Å²) in [6, 6.07) is 11.3. The molecule has 80 valence electrons. The first-order valence-electron chi connectivity index (χ1n) is 5.15. The maximum atomic E-state index is 11.2. The summed E-state index contributed by atoms with van der Waals surface area (Å²) in [4.78, 5) is 14.0. The molecule has 16 heavy (non-hydrogen) atoms. The van der Waals surface area contributed by atoms with Gasteiger partial charge in [0.05, 0.1) is 5.69 Å². The van der Waals surface area contributed by atoms with Gasteiger partial charge in [0, 0.05) is 18.3 Å². The molecule has 3 rings (SSSR count). The summed E-state index contributed by atoms with van der Waals surface area (Å²) < 4.78 is 0. The number of fused-ring (bicyclic) bond motifs is 2. The zero-order chi connectivity index (χ0) is 11.0. The number of anilines is 3. The fourth-order valence-corrected chi connectivity index (χ4v) is 1.84. The molecule has 1 aliphatic rings. The van der Waals surface area contributed by atoms with Crippen LogP contribution in [0.5, 0.6) is 0 Å². The smallest absolute Gasteiger partial charge is 0.249 e. The van der Waals surface area contributed by atoms with Gasteiger partial charge < -0.3 is 15.6 Å². The van der Waals surface area contributed by atoms with Crippen molar-refractivity contribution in [1.82, 2.24) is 4.98 Å².